The van der Waals surface area contributed by atoms with Crippen LogP contribution in [0.1, 0.15) is 33.0 Å². The number of likely N-dealkylation sites (N-methyl/N-ethyl adjacent to an activating group) is 1. The van der Waals surface area contributed by atoms with Gasteiger partial charge in [0.2, 0.25) is 0 Å². The molecule has 2 amide bonds. The van der Waals surface area contributed by atoms with E-state index in [9.17, 15) is 22.8 Å². The first kappa shape index (κ1) is 21.0. The second kappa shape index (κ2) is 7.81. The third-order valence-corrected chi connectivity index (χ3v) is 5.83. The van der Waals surface area contributed by atoms with E-state index in [1.165, 1.54) is 17.4 Å². The number of fused-ring (bicyclic) bond motifs is 1. The molecule has 0 aliphatic carbocycles. The SMILES string of the molecule is CN1CC(c2ccccc2)C(N2Cc3ccc(C(=N)NC(=O)C(F)(F)F)cc3C2=O)C1. The van der Waals surface area contributed by atoms with Crippen LogP contribution in [0.2, 0.25) is 0 Å². The lowest BCUT2D eigenvalue weighted by Gasteiger charge is -2.29. The Morgan fingerprint density at radius 2 is 1.84 bits per heavy atom. The Morgan fingerprint density at radius 3 is 2.52 bits per heavy atom. The smallest absolute Gasteiger partial charge is 0.329 e. The van der Waals surface area contributed by atoms with E-state index < -0.39 is 17.9 Å². The van der Waals surface area contributed by atoms with Crippen molar-refractivity contribution in [3.8, 4) is 0 Å². The molecule has 6 nitrogen and oxygen atoms in total. The Bertz CT molecular complexity index is 1040. The van der Waals surface area contributed by atoms with E-state index >= 15 is 0 Å². The van der Waals surface area contributed by atoms with Crippen LogP contribution >= 0.6 is 0 Å². The van der Waals surface area contributed by atoms with Gasteiger partial charge in [0.1, 0.15) is 5.84 Å². The molecular formula is C22H21F3N4O2. The number of rotatable bonds is 3. The Hall–Kier alpha value is -3.20. The average molecular weight is 430 g/mol. The van der Waals surface area contributed by atoms with E-state index in [0.29, 0.717) is 18.7 Å². The summed E-state index contributed by atoms with van der Waals surface area (Å²) in [6, 6.07) is 14.4. The van der Waals surface area contributed by atoms with E-state index in [0.717, 1.165) is 17.7 Å². The Balaban J connectivity index is 1.56. The largest absolute Gasteiger partial charge is 0.471 e. The number of nitrogens with zero attached hydrogens (tertiary/aromatic N) is 2. The third kappa shape index (κ3) is 4.05. The van der Waals surface area contributed by atoms with Crippen molar-refractivity contribution in [2.75, 3.05) is 20.1 Å². The predicted octanol–water partition coefficient (Wildman–Crippen LogP) is 2.74. The highest BCUT2D eigenvalue weighted by molar-refractivity contribution is 6.09. The average Bonchev–Trinajstić information content (AvgIpc) is 3.27. The van der Waals surface area contributed by atoms with Crippen LogP contribution in [-0.4, -0.2) is 59.8 Å². The van der Waals surface area contributed by atoms with Gasteiger partial charge in [-0.25, -0.2) is 0 Å². The molecule has 2 heterocycles. The van der Waals surface area contributed by atoms with Crippen molar-refractivity contribution in [2.45, 2.75) is 24.7 Å². The molecule has 2 aliphatic heterocycles. The number of likely N-dealkylation sites (tertiary alicyclic amines) is 1. The predicted molar refractivity (Wildman–Crippen MR) is 108 cm³/mol. The summed E-state index contributed by atoms with van der Waals surface area (Å²) in [5.74, 6) is -2.98. The highest BCUT2D eigenvalue weighted by Gasteiger charge is 2.42. The number of halogens is 3. The van der Waals surface area contributed by atoms with Crippen molar-refractivity contribution >= 4 is 17.6 Å². The van der Waals surface area contributed by atoms with Gasteiger partial charge in [0.15, 0.2) is 0 Å². The van der Waals surface area contributed by atoms with Crippen LogP contribution in [0.3, 0.4) is 0 Å². The molecule has 0 spiro atoms. The summed E-state index contributed by atoms with van der Waals surface area (Å²) in [4.78, 5) is 28.3. The zero-order valence-electron chi connectivity index (χ0n) is 16.7. The van der Waals surface area contributed by atoms with Gasteiger partial charge in [0, 0.05) is 36.7 Å². The molecule has 1 fully saturated rings. The van der Waals surface area contributed by atoms with E-state index in [-0.39, 0.29) is 23.4 Å². The summed E-state index contributed by atoms with van der Waals surface area (Å²) in [5, 5.41) is 9.32. The van der Waals surface area contributed by atoms with Crippen LogP contribution in [0.4, 0.5) is 13.2 Å². The molecular weight excluding hydrogens is 409 g/mol. The number of hydrogen-bond donors (Lipinski definition) is 2. The number of amidine groups is 1. The van der Waals surface area contributed by atoms with Crippen molar-refractivity contribution in [3.63, 3.8) is 0 Å². The molecule has 0 radical (unpaired) electrons. The normalized spacial score (nSPS) is 21.3. The maximum absolute atomic E-state index is 13.2. The minimum atomic E-state index is -5.09. The van der Waals surface area contributed by atoms with Gasteiger partial charge in [0.05, 0.1) is 6.04 Å². The summed E-state index contributed by atoms with van der Waals surface area (Å²) in [7, 11) is 2.01. The van der Waals surface area contributed by atoms with Crippen LogP contribution in [0.5, 0.6) is 0 Å². The molecule has 2 aliphatic rings. The first-order valence-electron chi connectivity index (χ1n) is 9.79. The minimum Gasteiger partial charge on any atom is -0.329 e. The van der Waals surface area contributed by atoms with Crippen molar-refractivity contribution in [1.82, 2.24) is 15.1 Å². The number of amides is 2. The maximum atomic E-state index is 13.2. The molecule has 0 aromatic heterocycles. The van der Waals surface area contributed by atoms with Gasteiger partial charge in [-0.05, 0) is 24.2 Å². The summed E-state index contributed by atoms with van der Waals surface area (Å²) < 4.78 is 37.4. The third-order valence-electron chi connectivity index (χ3n) is 5.83. The molecule has 2 N–H and O–H groups in total. The standard InChI is InChI=1S/C22H21F3N4O2/c1-28-11-17(13-5-3-2-4-6-13)18(12-28)29-10-15-8-7-14(9-16(15)20(29)30)19(26)27-21(31)22(23,24)25/h2-9,17-18H,10-12H2,1H3,(H2,26,27,31). The van der Waals surface area contributed by atoms with E-state index in [1.54, 1.807) is 11.0 Å². The molecule has 2 aromatic carbocycles. The van der Waals surface area contributed by atoms with Crippen molar-refractivity contribution in [2.24, 2.45) is 0 Å². The summed E-state index contributed by atoms with van der Waals surface area (Å²) in [6.45, 7) is 1.93. The van der Waals surface area contributed by atoms with E-state index in [4.69, 9.17) is 5.41 Å². The Labute approximate surface area is 177 Å². The van der Waals surface area contributed by atoms with E-state index in [1.807, 2.05) is 37.4 Å². The maximum Gasteiger partial charge on any atom is 0.471 e. The zero-order chi connectivity index (χ0) is 22.3. The number of alkyl halides is 3. The zero-order valence-corrected chi connectivity index (χ0v) is 16.7. The number of nitrogens with one attached hydrogen (secondary N) is 2. The fourth-order valence-corrected chi connectivity index (χ4v) is 4.33. The van der Waals surface area contributed by atoms with Gasteiger partial charge in [-0.15, -0.1) is 0 Å². The summed E-state index contributed by atoms with van der Waals surface area (Å²) in [6.07, 6.45) is -5.09. The number of carbonyl (C=O) groups excluding carboxylic acids is 2. The lowest BCUT2D eigenvalue weighted by molar-refractivity contribution is -0.171. The fourth-order valence-electron chi connectivity index (χ4n) is 4.33. The monoisotopic (exact) mass is 430 g/mol. The summed E-state index contributed by atoms with van der Waals surface area (Å²) in [5.41, 5.74) is 2.31. The Kier molecular flexibility index (Phi) is 5.30. The van der Waals surface area contributed by atoms with E-state index in [2.05, 4.69) is 4.90 Å². The highest BCUT2D eigenvalue weighted by Crippen LogP contribution is 2.35. The molecule has 0 bridgehead atoms. The number of benzene rings is 2. The van der Waals surface area contributed by atoms with Gasteiger partial charge in [-0.3, -0.25) is 15.0 Å². The van der Waals surface area contributed by atoms with Gasteiger partial charge >= 0.3 is 12.1 Å². The second-order valence-corrected chi connectivity index (χ2v) is 7.94. The van der Waals surface area contributed by atoms with Crippen LogP contribution in [-0.2, 0) is 11.3 Å². The topological polar surface area (TPSA) is 76.5 Å². The van der Waals surface area contributed by atoms with Gasteiger partial charge < -0.3 is 15.1 Å². The van der Waals surface area contributed by atoms with Crippen LogP contribution in [0, 0.1) is 5.41 Å². The molecule has 4 rings (SSSR count). The molecule has 162 valence electrons. The number of hydrogen-bond acceptors (Lipinski definition) is 4. The van der Waals surface area contributed by atoms with Crippen molar-refractivity contribution in [3.05, 3.63) is 70.8 Å². The second-order valence-electron chi connectivity index (χ2n) is 7.94. The summed E-state index contributed by atoms with van der Waals surface area (Å²) >= 11 is 0. The van der Waals surface area contributed by atoms with Gasteiger partial charge in [0.25, 0.3) is 5.91 Å². The number of carbonyl (C=O) groups is 2. The Morgan fingerprint density at radius 1 is 1.13 bits per heavy atom. The van der Waals surface area contributed by atoms with Gasteiger partial charge in [-0.2, -0.15) is 13.2 Å². The van der Waals surface area contributed by atoms with Crippen molar-refractivity contribution in [1.29, 1.82) is 5.41 Å². The first-order chi connectivity index (χ1) is 14.6. The highest BCUT2D eigenvalue weighted by atomic mass is 19.4. The lowest BCUT2D eigenvalue weighted by atomic mass is 9.93. The quantitative estimate of drug-likeness (QED) is 0.581. The molecule has 31 heavy (non-hydrogen) atoms. The van der Waals surface area contributed by atoms with Crippen LogP contribution < -0.4 is 5.32 Å². The minimum absolute atomic E-state index is 0.0415. The molecule has 1 saturated heterocycles. The van der Waals surface area contributed by atoms with Crippen LogP contribution in [0.25, 0.3) is 0 Å². The molecule has 0 saturated carbocycles. The fraction of sp³-hybridized carbons (Fsp3) is 0.318. The molecule has 9 heteroatoms. The lowest BCUT2D eigenvalue weighted by Crippen LogP contribution is -2.40. The first-order valence-corrected chi connectivity index (χ1v) is 9.79. The molecule has 2 atom stereocenters. The van der Waals surface area contributed by atoms with Crippen molar-refractivity contribution < 1.29 is 22.8 Å². The van der Waals surface area contributed by atoms with Crippen LogP contribution in [0.15, 0.2) is 48.5 Å². The van der Waals surface area contributed by atoms with Gasteiger partial charge in [-0.1, -0.05) is 42.5 Å². The molecule has 2 aromatic rings. The molecule has 2 unspecified atom stereocenters.